The predicted molar refractivity (Wildman–Crippen MR) is 94.0 cm³/mol. The molecule has 0 spiro atoms. The second-order valence-electron chi connectivity index (χ2n) is 5.11. The van der Waals surface area contributed by atoms with Gasteiger partial charge in [0.25, 0.3) is 0 Å². The summed E-state index contributed by atoms with van der Waals surface area (Å²) in [4.78, 5) is 27.3. The standard InChI is InChI=1S/C17H13ClN2O2S/c1-10(21)7-16(22)19-13-9-15-14(8-12(13)18)20-17(23-15)11-5-3-2-4-6-11/h2-6,8-9H,7H2,1H3,(H,19,22). The molecule has 0 unspecified atom stereocenters. The van der Waals surface area contributed by atoms with E-state index in [1.54, 1.807) is 12.1 Å². The molecule has 4 nitrogen and oxygen atoms in total. The van der Waals surface area contributed by atoms with Crippen molar-refractivity contribution in [1.29, 1.82) is 0 Å². The number of benzene rings is 2. The maximum absolute atomic E-state index is 11.7. The molecular weight excluding hydrogens is 332 g/mol. The molecule has 3 rings (SSSR count). The number of hydrogen-bond donors (Lipinski definition) is 1. The number of rotatable bonds is 4. The first kappa shape index (κ1) is 15.6. The van der Waals surface area contributed by atoms with Crippen LogP contribution in [-0.4, -0.2) is 16.7 Å². The third-order valence-corrected chi connectivity index (χ3v) is 4.56. The smallest absolute Gasteiger partial charge is 0.231 e. The summed E-state index contributed by atoms with van der Waals surface area (Å²) in [6, 6.07) is 13.4. The van der Waals surface area contributed by atoms with Crippen LogP contribution in [0.5, 0.6) is 0 Å². The van der Waals surface area contributed by atoms with Gasteiger partial charge in [-0.1, -0.05) is 41.9 Å². The number of anilines is 1. The Bertz CT molecular complexity index is 890. The van der Waals surface area contributed by atoms with E-state index < -0.39 is 0 Å². The van der Waals surface area contributed by atoms with E-state index in [0.29, 0.717) is 10.7 Å². The van der Waals surface area contributed by atoms with Gasteiger partial charge in [0.15, 0.2) is 0 Å². The Morgan fingerprint density at radius 1 is 1.22 bits per heavy atom. The second-order valence-corrected chi connectivity index (χ2v) is 6.55. The SMILES string of the molecule is CC(=O)CC(=O)Nc1cc2sc(-c3ccccc3)nc2cc1Cl. The van der Waals surface area contributed by atoms with Gasteiger partial charge in [-0.25, -0.2) is 4.98 Å². The van der Waals surface area contributed by atoms with E-state index in [4.69, 9.17) is 11.6 Å². The van der Waals surface area contributed by atoms with Gasteiger partial charge in [0.05, 0.1) is 27.3 Å². The Labute approximate surface area is 142 Å². The van der Waals surface area contributed by atoms with Crippen LogP contribution in [0.2, 0.25) is 5.02 Å². The Morgan fingerprint density at radius 3 is 2.65 bits per heavy atom. The summed E-state index contributed by atoms with van der Waals surface area (Å²) < 4.78 is 0.923. The monoisotopic (exact) mass is 344 g/mol. The number of thiazole rings is 1. The number of Topliss-reactive ketones (excluding diaryl/α,β-unsaturated/α-hetero) is 1. The maximum Gasteiger partial charge on any atom is 0.231 e. The molecule has 6 heteroatoms. The topological polar surface area (TPSA) is 59.1 Å². The van der Waals surface area contributed by atoms with E-state index in [9.17, 15) is 9.59 Å². The number of ketones is 1. The Balaban J connectivity index is 1.95. The fourth-order valence-corrected chi connectivity index (χ4v) is 3.37. The zero-order valence-electron chi connectivity index (χ0n) is 12.3. The Hall–Kier alpha value is -2.24. The maximum atomic E-state index is 11.7. The van der Waals surface area contributed by atoms with Crippen molar-refractivity contribution < 1.29 is 9.59 Å². The highest BCUT2D eigenvalue weighted by molar-refractivity contribution is 7.21. The first-order valence-electron chi connectivity index (χ1n) is 6.98. The van der Waals surface area contributed by atoms with E-state index in [1.165, 1.54) is 18.3 Å². The molecular formula is C17H13ClN2O2S. The lowest BCUT2D eigenvalue weighted by Gasteiger charge is -2.06. The van der Waals surface area contributed by atoms with Crippen molar-refractivity contribution >= 4 is 50.5 Å². The van der Waals surface area contributed by atoms with Gasteiger partial charge in [0.1, 0.15) is 10.8 Å². The van der Waals surface area contributed by atoms with Gasteiger partial charge in [0, 0.05) is 5.56 Å². The van der Waals surface area contributed by atoms with E-state index >= 15 is 0 Å². The molecule has 1 N–H and O–H groups in total. The lowest BCUT2D eigenvalue weighted by Crippen LogP contribution is -2.14. The molecule has 0 saturated heterocycles. The number of halogens is 1. The highest BCUT2D eigenvalue weighted by Gasteiger charge is 2.12. The molecule has 1 heterocycles. The lowest BCUT2D eigenvalue weighted by atomic mass is 10.2. The number of carbonyl (C=O) groups is 2. The molecule has 116 valence electrons. The molecule has 0 fully saturated rings. The van der Waals surface area contributed by atoms with Crippen LogP contribution in [0.1, 0.15) is 13.3 Å². The van der Waals surface area contributed by atoms with Crippen LogP contribution in [0.15, 0.2) is 42.5 Å². The molecule has 0 bridgehead atoms. The van der Waals surface area contributed by atoms with E-state index in [2.05, 4.69) is 10.3 Å². The van der Waals surface area contributed by atoms with Gasteiger partial charge in [-0.3, -0.25) is 9.59 Å². The van der Waals surface area contributed by atoms with Crippen LogP contribution in [0, 0.1) is 0 Å². The fourth-order valence-electron chi connectivity index (χ4n) is 2.17. The fraction of sp³-hybridized carbons (Fsp3) is 0.118. The first-order chi connectivity index (χ1) is 11.0. The molecule has 0 radical (unpaired) electrons. The quantitative estimate of drug-likeness (QED) is 0.707. The molecule has 2 aromatic carbocycles. The number of carbonyl (C=O) groups excluding carboxylic acids is 2. The van der Waals surface area contributed by atoms with Gasteiger partial charge in [-0.15, -0.1) is 11.3 Å². The number of hydrogen-bond acceptors (Lipinski definition) is 4. The minimum absolute atomic E-state index is 0.160. The second kappa shape index (κ2) is 6.48. The zero-order chi connectivity index (χ0) is 16.4. The zero-order valence-corrected chi connectivity index (χ0v) is 13.9. The summed E-state index contributed by atoms with van der Waals surface area (Å²) in [6.45, 7) is 1.37. The minimum atomic E-state index is -0.369. The molecule has 0 aliphatic carbocycles. The van der Waals surface area contributed by atoms with Crippen molar-refractivity contribution in [1.82, 2.24) is 4.98 Å². The van der Waals surface area contributed by atoms with Gasteiger partial charge in [-0.2, -0.15) is 0 Å². The van der Waals surface area contributed by atoms with Crippen molar-refractivity contribution in [2.45, 2.75) is 13.3 Å². The molecule has 0 saturated carbocycles. The number of fused-ring (bicyclic) bond motifs is 1. The van der Waals surface area contributed by atoms with Crippen molar-refractivity contribution in [3.63, 3.8) is 0 Å². The van der Waals surface area contributed by atoms with Crippen LogP contribution in [0.3, 0.4) is 0 Å². The molecule has 1 aromatic heterocycles. The molecule has 0 aliphatic heterocycles. The van der Waals surface area contributed by atoms with Crippen LogP contribution < -0.4 is 5.32 Å². The van der Waals surface area contributed by atoms with E-state index in [1.807, 2.05) is 30.3 Å². The number of nitrogens with one attached hydrogen (secondary N) is 1. The Morgan fingerprint density at radius 2 is 1.96 bits per heavy atom. The van der Waals surface area contributed by atoms with Gasteiger partial charge in [0.2, 0.25) is 5.91 Å². The first-order valence-corrected chi connectivity index (χ1v) is 8.17. The van der Waals surface area contributed by atoms with Crippen LogP contribution in [0.25, 0.3) is 20.8 Å². The van der Waals surface area contributed by atoms with Gasteiger partial charge < -0.3 is 5.32 Å². The molecule has 0 aliphatic rings. The minimum Gasteiger partial charge on any atom is -0.324 e. The molecule has 23 heavy (non-hydrogen) atoms. The number of aromatic nitrogens is 1. The van der Waals surface area contributed by atoms with Gasteiger partial charge >= 0.3 is 0 Å². The third-order valence-electron chi connectivity index (χ3n) is 3.18. The van der Waals surface area contributed by atoms with Crippen molar-refractivity contribution in [3.8, 4) is 10.6 Å². The van der Waals surface area contributed by atoms with Crippen LogP contribution in [-0.2, 0) is 9.59 Å². The number of amides is 1. The van der Waals surface area contributed by atoms with Gasteiger partial charge in [-0.05, 0) is 19.1 Å². The van der Waals surface area contributed by atoms with Crippen molar-refractivity contribution in [3.05, 3.63) is 47.5 Å². The highest BCUT2D eigenvalue weighted by Crippen LogP contribution is 2.35. The van der Waals surface area contributed by atoms with E-state index in [-0.39, 0.29) is 18.1 Å². The van der Waals surface area contributed by atoms with Crippen molar-refractivity contribution in [2.75, 3.05) is 5.32 Å². The third kappa shape index (κ3) is 3.57. The number of nitrogens with zero attached hydrogens (tertiary/aromatic N) is 1. The Kier molecular flexibility index (Phi) is 4.41. The molecule has 1 amide bonds. The van der Waals surface area contributed by atoms with Crippen LogP contribution in [0.4, 0.5) is 5.69 Å². The molecule has 0 atom stereocenters. The summed E-state index contributed by atoms with van der Waals surface area (Å²) in [5.74, 6) is -0.560. The van der Waals surface area contributed by atoms with E-state index in [0.717, 1.165) is 20.8 Å². The average molecular weight is 345 g/mol. The summed E-state index contributed by atoms with van der Waals surface area (Å²) in [5.41, 5.74) is 2.31. The largest absolute Gasteiger partial charge is 0.324 e. The summed E-state index contributed by atoms with van der Waals surface area (Å²) >= 11 is 7.73. The highest BCUT2D eigenvalue weighted by atomic mass is 35.5. The average Bonchev–Trinajstić information content (AvgIpc) is 2.90. The predicted octanol–water partition coefficient (Wildman–Crippen LogP) is 4.53. The lowest BCUT2D eigenvalue weighted by molar-refractivity contribution is -0.124. The summed E-state index contributed by atoms with van der Waals surface area (Å²) in [5, 5.41) is 3.96. The van der Waals surface area contributed by atoms with Crippen LogP contribution >= 0.6 is 22.9 Å². The van der Waals surface area contributed by atoms with Crippen molar-refractivity contribution in [2.24, 2.45) is 0 Å². The summed E-state index contributed by atoms with van der Waals surface area (Å²) in [6.07, 6.45) is -0.160. The molecule has 3 aromatic rings. The summed E-state index contributed by atoms with van der Waals surface area (Å²) in [7, 11) is 0. The normalized spacial score (nSPS) is 10.7.